The molecule has 0 bridgehead atoms. The lowest BCUT2D eigenvalue weighted by Gasteiger charge is -2.18. The number of amides is 4. The van der Waals surface area contributed by atoms with E-state index >= 15 is 0 Å². The van der Waals surface area contributed by atoms with Crippen molar-refractivity contribution in [2.75, 3.05) is 38.7 Å². The Morgan fingerprint density at radius 3 is 2.49 bits per heavy atom. The molecule has 2 saturated heterocycles. The Bertz CT molecular complexity index is 1160. The molecule has 2 fully saturated rings. The van der Waals surface area contributed by atoms with E-state index in [1.165, 1.54) is 7.11 Å². The second-order valence-corrected chi connectivity index (χ2v) is 8.96. The Morgan fingerprint density at radius 2 is 1.77 bits per heavy atom. The topological polar surface area (TPSA) is 105 Å². The fraction of sp³-hybridized carbons (Fsp3) is 0.280. The molecule has 2 aromatic carbocycles. The number of imide groups is 1. The second-order valence-electron chi connectivity index (χ2n) is 7.96. The minimum absolute atomic E-state index is 0.193. The molecule has 0 spiro atoms. The number of hydrogen-bond acceptors (Lipinski definition) is 7. The van der Waals surface area contributed by atoms with E-state index in [9.17, 15) is 19.2 Å². The number of carbonyl (C=O) groups excluding carboxylic acids is 4. The zero-order valence-electron chi connectivity index (χ0n) is 19.2. The summed E-state index contributed by atoms with van der Waals surface area (Å²) in [5.74, 6) is 0.00980. The van der Waals surface area contributed by atoms with Crippen molar-refractivity contribution in [2.45, 2.75) is 12.8 Å². The highest BCUT2D eigenvalue weighted by Gasteiger charge is 2.37. The zero-order chi connectivity index (χ0) is 24.8. The van der Waals surface area contributed by atoms with Gasteiger partial charge in [0.25, 0.3) is 17.1 Å². The standard InChI is InChI=1S/C25H25N3O6S/c1-33-20-7-3-2-6-19(20)26-22(29)16-34-18-10-8-17(9-11-18)14-21-24(31)28(25(32)35-21)15-23(30)27-12-4-5-13-27/h2-3,6-11,14H,4-5,12-13,15-16H2,1H3,(H,26,29)/b21-14-. The van der Waals surface area contributed by atoms with Gasteiger partial charge in [-0.3, -0.25) is 24.1 Å². The highest BCUT2D eigenvalue weighted by Crippen LogP contribution is 2.32. The second kappa shape index (κ2) is 11.1. The molecule has 4 amide bonds. The number of thioether (sulfide) groups is 1. The van der Waals surface area contributed by atoms with E-state index in [1.54, 1.807) is 59.5 Å². The van der Waals surface area contributed by atoms with E-state index < -0.39 is 11.1 Å². The van der Waals surface area contributed by atoms with Gasteiger partial charge in [0.15, 0.2) is 6.61 Å². The number of ether oxygens (including phenoxy) is 2. The number of rotatable bonds is 8. The fourth-order valence-corrected chi connectivity index (χ4v) is 4.57. The molecule has 0 radical (unpaired) electrons. The number of nitrogens with zero attached hydrogens (tertiary/aromatic N) is 2. The third kappa shape index (κ3) is 6.02. The van der Waals surface area contributed by atoms with Crippen LogP contribution in [0.4, 0.5) is 10.5 Å². The van der Waals surface area contributed by atoms with Crippen LogP contribution in [0.3, 0.4) is 0 Å². The van der Waals surface area contributed by atoms with Crippen LogP contribution in [0.25, 0.3) is 6.08 Å². The molecule has 0 aliphatic carbocycles. The van der Waals surface area contributed by atoms with Crippen molar-refractivity contribution in [3.63, 3.8) is 0 Å². The molecule has 4 rings (SSSR count). The Balaban J connectivity index is 1.31. The normalized spacial score (nSPS) is 16.7. The Kier molecular flexibility index (Phi) is 7.71. The van der Waals surface area contributed by atoms with Gasteiger partial charge in [0, 0.05) is 13.1 Å². The van der Waals surface area contributed by atoms with Crippen molar-refractivity contribution >= 4 is 46.5 Å². The van der Waals surface area contributed by atoms with Gasteiger partial charge in [-0.1, -0.05) is 24.3 Å². The summed E-state index contributed by atoms with van der Waals surface area (Å²) < 4.78 is 10.7. The minimum atomic E-state index is -0.471. The molecule has 1 N–H and O–H groups in total. The Morgan fingerprint density at radius 1 is 1.06 bits per heavy atom. The summed E-state index contributed by atoms with van der Waals surface area (Å²) in [6.07, 6.45) is 3.49. The van der Waals surface area contributed by atoms with Gasteiger partial charge in [-0.15, -0.1) is 0 Å². The lowest BCUT2D eigenvalue weighted by atomic mass is 10.2. The van der Waals surface area contributed by atoms with Crippen molar-refractivity contribution in [2.24, 2.45) is 0 Å². The van der Waals surface area contributed by atoms with Crippen LogP contribution in [0.2, 0.25) is 0 Å². The maximum Gasteiger partial charge on any atom is 0.294 e. The van der Waals surface area contributed by atoms with Gasteiger partial charge in [-0.05, 0) is 60.5 Å². The van der Waals surface area contributed by atoms with Crippen molar-refractivity contribution < 1.29 is 28.7 Å². The number of hydrogen-bond donors (Lipinski definition) is 1. The van der Waals surface area contributed by atoms with E-state index in [0.717, 1.165) is 29.5 Å². The SMILES string of the molecule is COc1ccccc1NC(=O)COc1ccc(/C=C2\SC(=O)N(CC(=O)N3CCCC3)C2=O)cc1. The number of methoxy groups -OCH3 is 1. The van der Waals surface area contributed by atoms with Crippen molar-refractivity contribution in [3.05, 3.63) is 59.0 Å². The van der Waals surface area contributed by atoms with E-state index in [2.05, 4.69) is 5.32 Å². The van der Waals surface area contributed by atoms with Gasteiger partial charge in [-0.25, -0.2) is 0 Å². The molecule has 35 heavy (non-hydrogen) atoms. The first-order valence-corrected chi connectivity index (χ1v) is 11.9. The summed E-state index contributed by atoms with van der Waals surface area (Å²) in [6, 6.07) is 13.9. The lowest BCUT2D eigenvalue weighted by Crippen LogP contribution is -2.40. The molecule has 2 aromatic rings. The van der Waals surface area contributed by atoms with Crippen LogP contribution in [0, 0.1) is 0 Å². The molecule has 0 unspecified atom stereocenters. The Hall–Kier alpha value is -3.79. The minimum Gasteiger partial charge on any atom is -0.495 e. The molecule has 2 heterocycles. The summed E-state index contributed by atoms with van der Waals surface area (Å²) in [5.41, 5.74) is 1.24. The summed E-state index contributed by atoms with van der Waals surface area (Å²) in [5, 5.41) is 2.28. The van der Waals surface area contributed by atoms with Crippen LogP contribution in [0.1, 0.15) is 18.4 Å². The molecule has 182 valence electrons. The molecule has 0 aromatic heterocycles. The van der Waals surface area contributed by atoms with Gasteiger partial charge >= 0.3 is 0 Å². The molecule has 2 aliphatic rings. The van der Waals surface area contributed by atoms with Gasteiger partial charge < -0.3 is 19.7 Å². The third-order valence-electron chi connectivity index (χ3n) is 5.55. The first-order valence-electron chi connectivity index (χ1n) is 11.1. The van der Waals surface area contributed by atoms with Gasteiger partial charge in [-0.2, -0.15) is 0 Å². The smallest absolute Gasteiger partial charge is 0.294 e. The first kappa shape index (κ1) is 24.3. The average molecular weight is 496 g/mol. The molecule has 2 aliphatic heterocycles. The van der Waals surface area contributed by atoms with Crippen molar-refractivity contribution in [1.29, 1.82) is 0 Å². The van der Waals surface area contributed by atoms with Crippen LogP contribution >= 0.6 is 11.8 Å². The number of benzene rings is 2. The predicted molar refractivity (Wildman–Crippen MR) is 132 cm³/mol. The maximum absolute atomic E-state index is 12.7. The average Bonchev–Trinajstić information content (AvgIpc) is 3.49. The number of carbonyl (C=O) groups is 4. The quantitative estimate of drug-likeness (QED) is 0.560. The predicted octanol–water partition coefficient (Wildman–Crippen LogP) is 3.37. The van der Waals surface area contributed by atoms with Gasteiger partial charge in [0.2, 0.25) is 5.91 Å². The third-order valence-corrected chi connectivity index (χ3v) is 6.46. The number of anilines is 1. The fourth-order valence-electron chi connectivity index (χ4n) is 3.73. The van der Waals surface area contributed by atoms with E-state index in [0.29, 0.717) is 35.8 Å². The highest BCUT2D eigenvalue weighted by atomic mass is 32.2. The molecule has 10 heteroatoms. The largest absolute Gasteiger partial charge is 0.495 e. The van der Waals surface area contributed by atoms with E-state index in [1.807, 2.05) is 0 Å². The highest BCUT2D eigenvalue weighted by molar-refractivity contribution is 8.18. The molecule has 9 nitrogen and oxygen atoms in total. The monoisotopic (exact) mass is 495 g/mol. The van der Waals surface area contributed by atoms with Crippen LogP contribution < -0.4 is 14.8 Å². The molecular weight excluding hydrogens is 470 g/mol. The Labute approximate surface area is 207 Å². The van der Waals surface area contributed by atoms with Crippen LogP contribution in [-0.4, -0.2) is 66.1 Å². The summed E-state index contributed by atoms with van der Waals surface area (Å²) in [7, 11) is 1.53. The zero-order valence-corrected chi connectivity index (χ0v) is 20.0. The van der Waals surface area contributed by atoms with Crippen molar-refractivity contribution in [3.8, 4) is 11.5 Å². The molecular formula is C25H25N3O6S. The summed E-state index contributed by atoms with van der Waals surface area (Å²) in [6.45, 7) is 0.913. The molecule has 0 saturated carbocycles. The van der Waals surface area contributed by atoms with Crippen LogP contribution in [0.5, 0.6) is 11.5 Å². The first-order chi connectivity index (χ1) is 16.9. The molecule has 0 atom stereocenters. The van der Waals surface area contributed by atoms with Crippen molar-refractivity contribution in [1.82, 2.24) is 9.80 Å². The van der Waals surface area contributed by atoms with E-state index in [-0.39, 0.29) is 29.9 Å². The van der Waals surface area contributed by atoms with Gasteiger partial charge in [0.1, 0.15) is 18.0 Å². The van der Waals surface area contributed by atoms with Crippen LogP contribution in [-0.2, 0) is 14.4 Å². The number of likely N-dealkylation sites (tertiary alicyclic amines) is 1. The summed E-state index contributed by atoms with van der Waals surface area (Å²) in [4.78, 5) is 52.5. The number of nitrogens with one attached hydrogen (secondary N) is 1. The lowest BCUT2D eigenvalue weighted by molar-refractivity contribution is -0.135. The maximum atomic E-state index is 12.7. The van der Waals surface area contributed by atoms with Crippen LogP contribution in [0.15, 0.2) is 53.4 Å². The van der Waals surface area contributed by atoms with E-state index in [4.69, 9.17) is 9.47 Å². The number of para-hydroxylation sites is 2. The van der Waals surface area contributed by atoms with Gasteiger partial charge in [0.05, 0.1) is 17.7 Å². The summed E-state index contributed by atoms with van der Waals surface area (Å²) >= 11 is 0.817.